The van der Waals surface area contributed by atoms with Crippen molar-refractivity contribution in [3.63, 3.8) is 0 Å². The van der Waals surface area contributed by atoms with E-state index in [9.17, 15) is 9.90 Å². The smallest absolute Gasteiger partial charge is 0.246 e. The fourth-order valence-corrected chi connectivity index (χ4v) is 4.68. The molecular formula is C25H30N2O5. The van der Waals surface area contributed by atoms with Crippen LogP contribution in [0.4, 0.5) is 0 Å². The molecule has 1 aliphatic carbocycles. The number of carbonyl (C=O) groups is 1. The lowest BCUT2D eigenvalue weighted by Crippen LogP contribution is -2.52. The van der Waals surface area contributed by atoms with Gasteiger partial charge in [0.15, 0.2) is 11.5 Å². The second-order valence-electron chi connectivity index (χ2n) is 8.03. The zero-order chi connectivity index (χ0) is 22.7. The van der Waals surface area contributed by atoms with Crippen molar-refractivity contribution in [3.8, 4) is 17.2 Å². The summed E-state index contributed by atoms with van der Waals surface area (Å²) in [4.78, 5) is 16.7. The Morgan fingerprint density at radius 2 is 1.69 bits per heavy atom. The van der Waals surface area contributed by atoms with Crippen LogP contribution in [0.1, 0.15) is 22.8 Å². The summed E-state index contributed by atoms with van der Waals surface area (Å²) in [5.41, 5.74) is 2.77. The number of nitrogens with zero attached hydrogens (tertiary/aromatic N) is 2. The number of methoxy groups -OCH3 is 3. The first-order valence-corrected chi connectivity index (χ1v) is 10.8. The zero-order valence-electron chi connectivity index (χ0n) is 18.8. The second kappa shape index (κ2) is 9.63. The minimum absolute atomic E-state index is 0.0138. The topological polar surface area (TPSA) is 71.5 Å². The van der Waals surface area contributed by atoms with E-state index in [4.69, 9.17) is 14.2 Å². The van der Waals surface area contributed by atoms with Gasteiger partial charge >= 0.3 is 0 Å². The molecule has 170 valence electrons. The van der Waals surface area contributed by atoms with Gasteiger partial charge in [0.25, 0.3) is 0 Å². The van der Waals surface area contributed by atoms with Gasteiger partial charge in [0.05, 0.1) is 27.4 Å². The predicted octanol–water partition coefficient (Wildman–Crippen LogP) is 2.53. The number of benzene rings is 2. The molecule has 0 spiro atoms. The van der Waals surface area contributed by atoms with E-state index in [1.165, 1.54) is 0 Å². The molecule has 0 saturated carbocycles. The van der Waals surface area contributed by atoms with E-state index in [1.807, 2.05) is 47.4 Å². The summed E-state index contributed by atoms with van der Waals surface area (Å²) in [6.45, 7) is 2.66. The third kappa shape index (κ3) is 4.18. The van der Waals surface area contributed by atoms with E-state index in [1.54, 1.807) is 27.4 Å². The molecule has 2 aromatic rings. The van der Waals surface area contributed by atoms with E-state index in [0.717, 1.165) is 16.7 Å². The molecule has 0 aromatic heterocycles. The zero-order valence-corrected chi connectivity index (χ0v) is 18.8. The maximum Gasteiger partial charge on any atom is 0.246 e. The summed E-state index contributed by atoms with van der Waals surface area (Å²) in [5.74, 6) is 1.72. The summed E-state index contributed by atoms with van der Waals surface area (Å²) >= 11 is 0. The highest BCUT2D eigenvalue weighted by molar-refractivity contribution is 5.91. The second-order valence-corrected chi connectivity index (χ2v) is 8.03. The molecule has 2 atom stereocenters. The van der Waals surface area contributed by atoms with Gasteiger partial charge in [-0.3, -0.25) is 9.69 Å². The molecule has 0 bridgehead atoms. The Kier molecular flexibility index (Phi) is 6.67. The Balaban J connectivity index is 1.42. The Labute approximate surface area is 188 Å². The van der Waals surface area contributed by atoms with Crippen molar-refractivity contribution < 1.29 is 24.1 Å². The Hall–Kier alpha value is -3.03. The SMILES string of the molecule is COc1cc2c(c(OC)c1OC)CC(N1CCN(C(=O)/C=C/c3ccccc3)CC1)C2O. The molecule has 1 amide bonds. The standard InChI is InChI=1S/C25H30N2O5/c1-30-21-16-18-19(24(31-2)25(21)32-3)15-20(23(18)29)26-11-13-27(14-12-26)22(28)10-9-17-7-5-4-6-8-17/h4-10,16,20,23,29H,11-15H2,1-3H3/b10-9+. The minimum atomic E-state index is -0.654. The van der Waals surface area contributed by atoms with Crippen LogP contribution in [0.15, 0.2) is 42.5 Å². The van der Waals surface area contributed by atoms with Crippen LogP contribution in [0.5, 0.6) is 17.2 Å². The maximum absolute atomic E-state index is 12.6. The van der Waals surface area contributed by atoms with Crippen molar-refractivity contribution in [2.45, 2.75) is 18.6 Å². The molecule has 7 heteroatoms. The first kappa shape index (κ1) is 22.2. The quantitative estimate of drug-likeness (QED) is 0.699. The van der Waals surface area contributed by atoms with Gasteiger partial charge in [-0.25, -0.2) is 0 Å². The van der Waals surface area contributed by atoms with Crippen LogP contribution in [0, 0.1) is 0 Å². The van der Waals surface area contributed by atoms with Crippen LogP contribution in [0.3, 0.4) is 0 Å². The van der Waals surface area contributed by atoms with Gasteiger partial charge < -0.3 is 24.2 Å². The van der Waals surface area contributed by atoms with Gasteiger partial charge in [-0.05, 0) is 29.7 Å². The van der Waals surface area contributed by atoms with Crippen LogP contribution >= 0.6 is 0 Å². The summed E-state index contributed by atoms with van der Waals surface area (Å²) in [5, 5.41) is 11.1. The summed E-state index contributed by atoms with van der Waals surface area (Å²) in [6, 6.07) is 11.6. The highest BCUT2D eigenvalue weighted by Gasteiger charge is 2.40. The molecule has 1 aliphatic heterocycles. The number of piperazine rings is 1. The number of hydrogen-bond donors (Lipinski definition) is 1. The van der Waals surface area contributed by atoms with Gasteiger partial charge in [-0.15, -0.1) is 0 Å². The van der Waals surface area contributed by atoms with Gasteiger partial charge in [0, 0.05) is 43.9 Å². The first-order valence-electron chi connectivity index (χ1n) is 10.8. The van der Waals surface area contributed by atoms with E-state index in [0.29, 0.717) is 49.8 Å². The molecule has 2 aliphatic rings. The van der Waals surface area contributed by atoms with E-state index in [2.05, 4.69) is 4.90 Å². The summed E-state index contributed by atoms with van der Waals surface area (Å²) in [7, 11) is 4.76. The largest absolute Gasteiger partial charge is 0.493 e. The maximum atomic E-state index is 12.6. The Morgan fingerprint density at radius 1 is 1.00 bits per heavy atom. The Bertz CT molecular complexity index is 984. The number of ether oxygens (including phenoxy) is 3. The van der Waals surface area contributed by atoms with Crippen molar-refractivity contribution in [1.82, 2.24) is 9.80 Å². The lowest BCUT2D eigenvalue weighted by Gasteiger charge is -2.38. The molecular weight excluding hydrogens is 408 g/mol. The average molecular weight is 439 g/mol. The molecule has 1 N–H and O–H groups in total. The van der Waals surface area contributed by atoms with Gasteiger partial charge in [0.2, 0.25) is 11.7 Å². The number of rotatable bonds is 6. The Morgan fingerprint density at radius 3 is 2.31 bits per heavy atom. The number of aliphatic hydroxyl groups excluding tert-OH is 1. The molecule has 2 unspecified atom stereocenters. The monoisotopic (exact) mass is 438 g/mol. The van der Waals surface area contributed by atoms with Crippen molar-refractivity contribution in [2.75, 3.05) is 47.5 Å². The molecule has 7 nitrogen and oxygen atoms in total. The minimum Gasteiger partial charge on any atom is -0.493 e. The average Bonchev–Trinajstić information content (AvgIpc) is 3.17. The molecule has 1 saturated heterocycles. The fraction of sp³-hybridized carbons (Fsp3) is 0.400. The van der Waals surface area contributed by atoms with Crippen LogP contribution in [0.2, 0.25) is 0 Å². The molecule has 4 rings (SSSR count). The van der Waals surface area contributed by atoms with Gasteiger partial charge in [0.1, 0.15) is 0 Å². The molecule has 32 heavy (non-hydrogen) atoms. The van der Waals surface area contributed by atoms with Crippen molar-refractivity contribution in [1.29, 1.82) is 0 Å². The van der Waals surface area contributed by atoms with Crippen LogP contribution in [0.25, 0.3) is 6.08 Å². The lowest BCUT2D eigenvalue weighted by molar-refractivity contribution is -0.128. The van der Waals surface area contributed by atoms with E-state index < -0.39 is 6.10 Å². The lowest BCUT2D eigenvalue weighted by atomic mass is 10.1. The normalized spacial score (nSPS) is 20.9. The summed E-state index contributed by atoms with van der Waals surface area (Å²) < 4.78 is 16.6. The number of fused-ring (bicyclic) bond motifs is 1. The van der Waals surface area contributed by atoms with Crippen molar-refractivity contribution >= 4 is 12.0 Å². The van der Waals surface area contributed by atoms with Gasteiger partial charge in [-0.1, -0.05) is 30.3 Å². The van der Waals surface area contributed by atoms with Crippen LogP contribution < -0.4 is 14.2 Å². The molecule has 1 fully saturated rings. The first-order chi connectivity index (χ1) is 15.6. The number of hydrogen-bond acceptors (Lipinski definition) is 6. The molecule has 0 radical (unpaired) electrons. The van der Waals surface area contributed by atoms with E-state index in [-0.39, 0.29) is 11.9 Å². The highest BCUT2D eigenvalue weighted by Crippen LogP contribution is 2.48. The van der Waals surface area contributed by atoms with E-state index >= 15 is 0 Å². The number of amides is 1. The highest BCUT2D eigenvalue weighted by atomic mass is 16.5. The van der Waals surface area contributed by atoms with Gasteiger partial charge in [-0.2, -0.15) is 0 Å². The fourth-order valence-electron chi connectivity index (χ4n) is 4.68. The third-order valence-corrected chi connectivity index (χ3v) is 6.38. The van der Waals surface area contributed by atoms with Crippen molar-refractivity contribution in [2.24, 2.45) is 0 Å². The van der Waals surface area contributed by atoms with Crippen LogP contribution in [-0.2, 0) is 11.2 Å². The number of aliphatic hydroxyl groups is 1. The van der Waals surface area contributed by atoms with Crippen LogP contribution in [-0.4, -0.2) is 74.4 Å². The molecule has 2 aromatic carbocycles. The summed E-state index contributed by atoms with van der Waals surface area (Å²) in [6.07, 6.45) is 3.48. The number of carbonyl (C=O) groups excluding carboxylic acids is 1. The van der Waals surface area contributed by atoms with Crippen molar-refractivity contribution in [3.05, 3.63) is 59.2 Å². The third-order valence-electron chi connectivity index (χ3n) is 6.38. The predicted molar refractivity (Wildman–Crippen MR) is 122 cm³/mol. The molecule has 1 heterocycles.